The topological polar surface area (TPSA) is 18.5 Å². The summed E-state index contributed by atoms with van der Waals surface area (Å²) in [6, 6.07) is 13.5. The number of hydrogen-bond donors (Lipinski definition) is 0. The van der Waals surface area contributed by atoms with Gasteiger partial charge < -0.3 is 9.47 Å². The lowest BCUT2D eigenvalue weighted by Crippen LogP contribution is -2.16. The second kappa shape index (κ2) is 13.9. The summed E-state index contributed by atoms with van der Waals surface area (Å²) in [4.78, 5) is 0. The van der Waals surface area contributed by atoms with Crippen LogP contribution >= 0.6 is 0 Å². The van der Waals surface area contributed by atoms with E-state index in [0.717, 1.165) is 51.4 Å². The predicted octanol–water partition coefficient (Wildman–Crippen LogP) is 9.78. The van der Waals surface area contributed by atoms with Gasteiger partial charge in [-0.05, 0) is 98.1 Å². The molecule has 1 aliphatic rings. The molecular formula is C33H38F4O2. The standard InChI is InChI=1S/C33H38F4O2/c1-3-5-21-39-29-19-14-25(30(34)33(29)37)11-8-22-6-9-23(10-7-22)27-17-18-28(32(36)31(27)35)24-12-15-26(16-13-24)38-20-4-2/h12-19,22-23H,3-11,20-21H2,1-2H3. The Bertz CT molecular complexity index is 1220. The summed E-state index contributed by atoms with van der Waals surface area (Å²) in [5.41, 5.74) is 1.62. The van der Waals surface area contributed by atoms with Crippen LogP contribution in [0.25, 0.3) is 11.1 Å². The van der Waals surface area contributed by atoms with Crippen LogP contribution in [0.5, 0.6) is 11.5 Å². The van der Waals surface area contributed by atoms with Crippen molar-refractivity contribution in [1.29, 1.82) is 0 Å². The monoisotopic (exact) mass is 542 g/mol. The maximum Gasteiger partial charge on any atom is 0.200 e. The number of hydrogen-bond acceptors (Lipinski definition) is 2. The van der Waals surface area contributed by atoms with Gasteiger partial charge in [-0.15, -0.1) is 0 Å². The van der Waals surface area contributed by atoms with Crippen LogP contribution < -0.4 is 9.47 Å². The van der Waals surface area contributed by atoms with Crippen molar-refractivity contribution in [3.8, 4) is 22.6 Å². The van der Waals surface area contributed by atoms with E-state index < -0.39 is 23.3 Å². The van der Waals surface area contributed by atoms with Crippen LogP contribution in [-0.2, 0) is 6.42 Å². The molecule has 0 bridgehead atoms. The molecule has 0 spiro atoms. The van der Waals surface area contributed by atoms with Crippen molar-refractivity contribution < 1.29 is 27.0 Å². The summed E-state index contributed by atoms with van der Waals surface area (Å²) in [6.07, 6.45) is 6.93. The Morgan fingerprint density at radius 2 is 1.44 bits per heavy atom. The Labute approximate surface area is 229 Å². The van der Waals surface area contributed by atoms with Crippen LogP contribution in [0.2, 0.25) is 0 Å². The van der Waals surface area contributed by atoms with Crippen LogP contribution in [0, 0.1) is 29.2 Å². The second-order valence-corrected chi connectivity index (χ2v) is 10.5. The Morgan fingerprint density at radius 3 is 2.13 bits per heavy atom. The summed E-state index contributed by atoms with van der Waals surface area (Å²) in [5.74, 6) is -2.40. The lowest BCUT2D eigenvalue weighted by atomic mass is 9.76. The molecule has 4 rings (SSSR count). The minimum absolute atomic E-state index is 0.0384. The SMILES string of the molecule is CCCCOc1ccc(CCC2CCC(c3ccc(-c4ccc(OCCC)cc4)c(F)c3F)CC2)c(F)c1F. The first kappa shape index (κ1) is 29.0. The van der Waals surface area contributed by atoms with Gasteiger partial charge in [0.1, 0.15) is 5.75 Å². The van der Waals surface area contributed by atoms with Crippen LogP contribution in [0.1, 0.15) is 82.3 Å². The average Bonchev–Trinajstić information content (AvgIpc) is 2.96. The number of benzene rings is 3. The lowest BCUT2D eigenvalue weighted by Gasteiger charge is -2.29. The van der Waals surface area contributed by atoms with Gasteiger partial charge in [0.25, 0.3) is 0 Å². The maximum absolute atomic E-state index is 15.2. The number of halogens is 4. The lowest BCUT2D eigenvalue weighted by molar-refractivity contribution is 0.286. The van der Waals surface area contributed by atoms with E-state index in [2.05, 4.69) is 0 Å². The Balaban J connectivity index is 1.33. The number of aryl methyl sites for hydroxylation is 1. The van der Waals surface area contributed by atoms with Crippen molar-refractivity contribution >= 4 is 0 Å². The molecule has 1 fully saturated rings. The molecule has 0 aliphatic heterocycles. The Morgan fingerprint density at radius 1 is 0.692 bits per heavy atom. The van der Waals surface area contributed by atoms with E-state index in [0.29, 0.717) is 48.0 Å². The van der Waals surface area contributed by atoms with Gasteiger partial charge in [-0.25, -0.2) is 13.2 Å². The van der Waals surface area contributed by atoms with Crippen molar-refractivity contribution in [2.75, 3.05) is 13.2 Å². The molecule has 0 atom stereocenters. The number of rotatable bonds is 12. The Hall–Kier alpha value is -3.02. The molecule has 0 N–H and O–H groups in total. The van der Waals surface area contributed by atoms with Gasteiger partial charge in [0.15, 0.2) is 23.2 Å². The van der Waals surface area contributed by atoms with E-state index in [-0.39, 0.29) is 17.2 Å². The fourth-order valence-electron chi connectivity index (χ4n) is 5.38. The summed E-state index contributed by atoms with van der Waals surface area (Å²) >= 11 is 0. The maximum atomic E-state index is 15.2. The van der Waals surface area contributed by atoms with Gasteiger partial charge >= 0.3 is 0 Å². The molecule has 39 heavy (non-hydrogen) atoms. The van der Waals surface area contributed by atoms with Crippen molar-refractivity contribution in [3.63, 3.8) is 0 Å². The molecule has 0 unspecified atom stereocenters. The molecule has 0 heterocycles. The van der Waals surface area contributed by atoms with E-state index in [1.807, 2.05) is 13.8 Å². The van der Waals surface area contributed by atoms with Crippen molar-refractivity contribution in [1.82, 2.24) is 0 Å². The van der Waals surface area contributed by atoms with Gasteiger partial charge in [-0.2, -0.15) is 4.39 Å². The van der Waals surface area contributed by atoms with Crippen molar-refractivity contribution in [2.45, 2.75) is 77.6 Å². The fraction of sp³-hybridized carbons (Fsp3) is 0.455. The van der Waals surface area contributed by atoms with Gasteiger partial charge in [-0.1, -0.05) is 50.6 Å². The van der Waals surface area contributed by atoms with E-state index in [1.54, 1.807) is 42.5 Å². The van der Waals surface area contributed by atoms with Crippen LogP contribution in [0.4, 0.5) is 17.6 Å². The minimum Gasteiger partial charge on any atom is -0.494 e. The van der Waals surface area contributed by atoms with E-state index in [4.69, 9.17) is 9.47 Å². The molecule has 1 saturated carbocycles. The zero-order valence-electron chi connectivity index (χ0n) is 22.9. The first-order valence-corrected chi connectivity index (χ1v) is 14.2. The molecule has 0 radical (unpaired) electrons. The van der Waals surface area contributed by atoms with E-state index in [1.165, 1.54) is 6.07 Å². The highest BCUT2D eigenvalue weighted by Crippen LogP contribution is 2.40. The van der Waals surface area contributed by atoms with Crippen molar-refractivity contribution in [2.24, 2.45) is 5.92 Å². The number of unbranched alkanes of at least 4 members (excludes halogenated alkanes) is 1. The number of ether oxygens (including phenoxy) is 2. The summed E-state index contributed by atoms with van der Waals surface area (Å²) in [5, 5.41) is 0. The van der Waals surface area contributed by atoms with Gasteiger partial charge in [-0.3, -0.25) is 0 Å². The highest BCUT2D eigenvalue weighted by Gasteiger charge is 2.27. The molecular weight excluding hydrogens is 504 g/mol. The van der Waals surface area contributed by atoms with Crippen LogP contribution in [0.3, 0.4) is 0 Å². The van der Waals surface area contributed by atoms with Gasteiger partial charge in [0, 0.05) is 5.56 Å². The van der Waals surface area contributed by atoms with Crippen LogP contribution in [-0.4, -0.2) is 13.2 Å². The quantitative estimate of drug-likeness (QED) is 0.168. The Kier molecular flexibility index (Phi) is 10.3. The molecule has 0 saturated heterocycles. The molecule has 1 aliphatic carbocycles. The molecule has 2 nitrogen and oxygen atoms in total. The third kappa shape index (κ3) is 7.14. The molecule has 210 valence electrons. The van der Waals surface area contributed by atoms with Gasteiger partial charge in [0.05, 0.1) is 13.2 Å². The van der Waals surface area contributed by atoms with Crippen molar-refractivity contribution in [3.05, 3.63) is 82.9 Å². The predicted molar refractivity (Wildman–Crippen MR) is 147 cm³/mol. The summed E-state index contributed by atoms with van der Waals surface area (Å²) in [7, 11) is 0. The van der Waals surface area contributed by atoms with Crippen LogP contribution in [0.15, 0.2) is 48.5 Å². The largest absolute Gasteiger partial charge is 0.494 e. The highest BCUT2D eigenvalue weighted by molar-refractivity contribution is 5.65. The third-order valence-corrected chi connectivity index (χ3v) is 7.74. The molecule has 3 aromatic carbocycles. The summed E-state index contributed by atoms with van der Waals surface area (Å²) in [6.45, 7) is 5.00. The molecule has 3 aromatic rings. The first-order valence-electron chi connectivity index (χ1n) is 14.2. The zero-order valence-corrected chi connectivity index (χ0v) is 22.9. The van der Waals surface area contributed by atoms with E-state index >= 15 is 8.78 Å². The minimum atomic E-state index is -0.922. The van der Waals surface area contributed by atoms with E-state index in [9.17, 15) is 8.78 Å². The molecule has 0 aromatic heterocycles. The average molecular weight is 543 g/mol. The van der Waals surface area contributed by atoms with Gasteiger partial charge in [0.2, 0.25) is 5.82 Å². The fourth-order valence-corrected chi connectivity index (χ4v) is 5.38. The first-order chi connectivity index (χ1) is 18.9. The second-order valence-electron chi connectivity index (χ2n) is 10.5. The highest BCUT2D eigenvalue weighted by atomic mass is 19.2. The molecule has 6 heteroatoms. The smallest absolute Gasteiger partial charge is 0.200 e. The third-order valence-electron chi connectivity index (χ3n) is 7.74. The normalized spacial score (nSPS) is 17.3. The molecule has 0 amide bonds. The zero-order chi connectivity index (χ0) is 27.8. The summed E-state index contributed by atoms with van der Waals surface area (Å²) < 4.78 is 70.2.